The van der Waals surface area contributed by atoms with Crippen LogP contribution in [0.2, 0.25) is 0 Å². The minimum Gasteiger partial charge on any atom is -0.508 e. The van der Waals surface area contributed by atoms with Crippen LogP contribution in [-0.4, -0.2) is 10.9 Å². The molecule has 1 heterocycles. The smallest absolute Gasteiger partial charge is 0.416 e. The first-order chi connectivity index (χ1) is 10.3. The van der Waals surface area contributed by atoms with E-state index in [2.05, 4.69) is 10.3 Å². The van der Waals surface area contributed by atoms with Crippen LogP contribution in [0.5, 0.6) is 5.75 Å². The lowest BCUT2D eigenvalue weighted by Crippen LogP contribution is -2.30. The number of rotatable bonds is 1. The maximum atomic E-state index is 12.8. The summed E-state index contributed by atoms with van der Waals surface area (Å²) in [5.41, 5.74) is 1.02. The van der Waals surface area contributed by atoms with Crippen molar-refractivity contribution in [2.24, 2.45) is 4.99 Å². The zero-order valence-corrected chi connectivity index (χ0v) is 11.6. The summed E-state index contributed by atoms with van der Waals surface area (Å²) in [4.78, 5) is 4.29. The Morgan fingerprint density at radius 3 is 2.41 bits per heavy atom. The Morgan fingerprint density at radius 2 is 1.77 bits per heavy atom. The van der Waals surface area contributed by atoms with E-state index in [4.69, 9.17) is 0 Å². The highest BCUT2D eigenvalue weighted by atomic mass is 19.4. The maximum Gasteiger partial charge on any atom is 0.416 e. The summed E-state index contributed by atoms with van der Waals surface area (Å²) >= 11 is 0. The largest absolute Gasteiger partial charge is 0.508 e. The molecule has 0 aliphatic carbocycles. The molecule has 0 aromatic heterocycles. The molecule has 2 N–H and O–H groups in total. The number of halogens is 3. The second-order valence-corrected chi connectivity index (χ2v) is 5.14. The Bertz CT molecular complexity index is 736. The number of phenols is 1. The number of nitrogens with zero attached hydrogens (tertiary/aromatic N) is 1. The molecule has 1 atom stereocenters. The lowest BCUT2D eigenvalue weighted by Gasteiger charge is -2.25. The predicted molar refractivity (Wildman–Crippen MR) is 77.3 cm³/mol. The van der Waals surface area contributed by atoms with Gasteiger partial charge >= 0.3 is 6.18 Å². The van der Waals surface area contributed by atoms with Crippen molar-refractivity contribution in [1.82, 2.24) is 5.32 Å². The summed E-state index contributed by atoms with van der Waals surface area (Å²) in [7, 11) is 0. The van der Waals surface area contributed by atoms with E-state index in [1.807, 2.05) is 6.92 Å². The van der Waals surface area contributed by atoms with Crippen molar-refractivity contribution in [3.63, 3.8) is 0 Å². The number of benzene rings is 2. The molecule has 6 heteroatoms. The topological polar surface area (TPSA) is 44.6 Å². The molecule has 1 unspecified atom stereocenters. The van der Waals surface area contributed by atoms with Gasteiger partial charge in [-0.25, -0.2) is 4.99 Å². The number of nitrogens with one attached hydrogen (secondary N) is 1. The van der Waals surface area contributed by atoms with Gasteiger partial charge in [-0.3, -0.25) is 0 Å². The first-order valence-electron chi connectivity index (χ1n) is 6.70. The molecule has 0 saturated carbocycles. The van der Waals surface area contributed by atoms with Gasteiger partial charge in [0.2, 0.25) is 0 Å². The molecule has 0 spiro atoms. The zero-order valence-electron chi connectivity index (χ0n) is 11.6. The van der Waals surface area contributed by atoms with Crippen LogP contribution in [0.3, 0.4) is 0 Å². The first-order valence-corrected chi connectivity index (χ1v) is 6.70. The molecule has 0 radical (unpaired) electrons. The van der Waals surface area contributed by atoms with Crippen molar-refractivity contribution in [3.8, 4) is 5.75 Å². The van der Waals surface area contributed by atoms with Crippen molar-refractivity contribution in [3.05, 3.63) is 59.2 Å². The van der Waals surface area contributed by atoms with Gasteiger partial charge in [0.25, 0.3) is 0 Å². The van der Waals surface area contributed by atoms with Crippen LogP contribution in [0.1, 0.15) is 29.7 Å². The molecular weight excluding hydrogens is 293 g/mol. The SMILES string of the molecule is CC1NC(c2ccc(O)cc2)=Nc2cc(C(F)(F)F)ccc21. The third kappa shape index (κ3) is 2.64. The van der Waals surface area contributed by atoms with Crippen molar-refractivity contribution in [2.45, 2.75) is 19.1 Å². The fraction of sp³-hybridized carbons (Fsp3) is 0.188. The highest BCUT2D eigenvalue weighted by Gasteiger charge is 2.32. The van der Waals surface area contributed by atoms with Crippen LogP contribution in [-0.2, 0) is 6.18 Å². The summed E-state index contributed by atoms with van der Waals surface area (Å²) in [6.07, 6.45) is -4.39. The second-order valence-electron chi connectivity index (χ2n) is 5.14. The van der Waals surface area contributed by atoms with Gasteiger partial charge in [-0.05, 0) is 48.9 Å². The molecule has 0 bridgehead atoms. The highest BCUT2D eigenvalue weighted by Crippen LogP contribution is 2.37. The number of phenolic OH excluding ortho intramolecular Hbond substituents is 1. The number of aromatic hydroxyl groups is 1. The van der Waals surface area contributed by atoms with E-state index in [-0.39, 0.29) is 11.8 Å². The minimum atomic E-state index is -4.39. The fourth-order valence-electron chi connectivity index (χ4n) is 2.39. The lowest BCUT2D eigenvalue weighted by molar-refractivity contribution is -0.137. The van der Waals surface area contributed by atoms with Crippen LogP contribution in [0.15, 0.2) is 47.5 Å². The second kappa shape index (κ2) is 5.05. The maximum absolute atomic E-state index is 12.8. The molecule has 0 saturated heterocycles. The predicted octanol–water partition coefficient (Wildman–Crippen LogP) is 4.15. The molecule has 3 nitrogen and oxygen atoms in total. The highest BCUT2D eigenvalue weighted by molar-refractivity contribution is 6.01. The fourth-order valence-corrected chi connectivity index (χ4v) is 2.39. The number of hydrogen-bond donors (Lipinski definition) is 2. The van der Waals surface area contributed by atoms with Crippen LogP contribution in [0.25, 0.3) is 0 Å². The number of alkyl halides is 3. The third-order valence-corrected chi connectivity index (χ3v) is 3.55. The van der Waals surface area contributed by atoms with Crippen molar-refractivity contribution < 1.29 is 18.3 Å². The van der Waals surface area contributed by atoms with E-state index in [0.29, 0.717) is 17.1 Å². The lowest BCUT2D eigenvalue weighted by atomic mass is 10.0. The molecule has 0 fully saturated rings. The van der Waals surface area contributed by atoms with Crippen molar-refractivity contribution in [1.29, 1.82) is 0 Å². The Morgan fingerprint density at radius 1 is 1.09 bits per heavy atom. The van der Waals surface area contributed by atoms with Gasteiger partial charge in [-0.15, -0.1) is 0 Å². The Hall–Kier alpha value is -2.50. The number of aliphatic imine (C=N–C) groups is 1. The van der Waals surface area contributed by atoms with Crippen LogP contribution in [0, 0.1) is 0 Å². The molecule has 0 amide bonds. The molecule has 2 aromatic rings. The average Bonchev–Trinajstić information content (AvgIpc) is 2.46. The first kappa shape index (κ1) is 14.4. The van der Waals surface area contributed by atoms with E-state index in [1.165, 1.54) is 18.2 Å². The molecule has 3 rings (SSSR count). The summed E-state index contributed by atoms with van der Waals surface area (Å²) in [6.45, 7) is 1.86. The third-order valence-electron chi connectivity index (χ3n) is 3.55. The zero-order chi connectivity index (χ0) is 15.9. The van der Waals surface area contributed by atoms with Crippen LogP contribution in [0.4, 0.5) is 18.9 Å². The summed E-state index contributed by atoms with van der Waals surface area (Å²) in [5.74, 6) is 0.604. The molecular formula is C16H13F3N2O. The van der Waals surface area contributed by atoms with Gasteiger partial charge in [-0.1, -0.05) is 6.07 Å². The van der Waals surface area contributed by atoms with Gasteiger partial charge < -0.3 is 10.4 Å². The summed E-state index contributed by atoms with van der Waals surface area (Å²) < 4.78 is 38.5. The standard InChI is InChI=1S/C16H13F3N2O/c1-9-13-7-4-11(16(17,18)19)8-14(13)21-15(20-9)10-2-5-12(22)6-3-10/h2-9,22H,1H3,(H,20,21). The normalized spacial score (nSPS) is 17.5. The average molecular weight is 306 g/mol. The van der Waals surface area contributed by atoms with Gasteiger partial charge in [0.1, 0.15) is 11.6 Å². The molecule has 1 aliphatic heterocycles. The van der Waals surface area contributed by atoms with Gasteiger partial charge in [0.05, 0.1) is 17.3 Å². The van der Waals surface area contributed by atoms with Gasteiger partial charge in [-0.2, -0.15) is 13.2 Å². The Labute approximate surface area is 125 Å². The summed E-state index contributed by atoms with van der Waals surface area (Å²) in [5, 5.41) is 12.5. The van der Waals surface area contributed by atoms with Gasteiger partial charge in [0, 0.05) is 5.56 Å². The Balaban J connectivity index is 2.07. The van der Waals surface area contributed by atoms with Crippen molar-refractivity contribution in [2.75, 3.05) is 0 Å². The van der Waals surface area contributed by atoms with E-state index in [0.717, 1.165) is 17.7 Å². The van der Waals surface area contributed by atoms with E-state index >= 15 is 0 Å². The molecule has 22 heavy (non-hydrogen) atoms. The molecule has 114 valence electrons. The number of amidine groups is 1. The quantitative estimate of drug-likeness (QED) is 0.831. The van der Waals surface area contributed by atoms with Crippen LogP contribution >= 0.6 is 0 Å². The van der Waals surface area contributed by atoms with Gasteiger partial charge in [0.15, 0.2) is 0 Å². The van der Waals surface area contributed by atoms with E-state index in [1.54, 1.807) is 12.1 Å². The monoisotopic (exact) mass is 306 g/mol. The van der Waals surface area contributed by atoms with E-state index < -0.39 is 11.7 Å². The molecule has 1 aliphatic rings. The Kier molecular flexibility index (Phi) is 3.31. The van der Waals surface area contributed by atoms with Crippen molar-refractivity contribution >= 4 is 11.5 Å². The summed E-state index contributed by atoms with van der Waals surface area (Å²) in [6, 6.07) is 9.76. The number of fused-ring (bicyclic) bond motifs is 1. The minimum absolute atomic E-state index is 0.118. The van der Waals surface area contributed by atoms with E-state index in [9.17, 15) is 18.3 Å². The van der Waals surface area contributed by atoms with Crippen LogP contribution < -0.4 is 5.32 Å². The molecule has 2 aromatic carbocycles. The number of hydrogen-bond acceptors (Lipinski definition) is 3.